The van der Waals surface area contributed by atoms with E-state index in [2.05, 4.69) is 10.1 Å². The van der Waals surface area contributed by atoms with Crippen molar-refractivity contribution in [2.24, 2.45) is 0 Å². The number of ether oxygens (including phenoxy) is 2. The van der Waals surface area contributed by atoms with Gasteiger partial charge in [-0.25, -0.2) is 4.79 Å². The molecular formula is C12H19NO5. The van der Waals surface area contributed by atoms with Crippen molar-refractivity contribution in [2.75, 3.05) is 27.4 Å². The molecule has 0 aliphatic carbocycles. The van der Waals surface area contributed by atoms with E-state index < -0.39 is 12.1 Å². The monoisotopic (exact) mass is 257 g/mol. The van der Waals surface area contributed by atoms with Gasteiger partial charge in [-0.2, -0.15) is 0 Å². The van der Waals surface area contributed by atoms with Gasteiger partial charge in [0.2, 0.25) is 5.76 Å². The first-order chi connectivity index (χ1) is 8.69. The van der Waals surface area contributed by atoms with Gasteiger partial charge in [0.25, 0.3) is 0 Å². The second kappa shape index (κ2) is 7.86. The fourth-order valence-electron chi connectivity index (χ4n) is 1.51. The van der Waals surface area contributed by atoms with Gasteiger partial charge in [0.1, 0.15) is 0 Å². The van der Waals surface area contributed by atoms with Gasteiger partial charge in [-0.1, -0.05) is 0 Å². The molecule has 1 aromatic heterocycles. The minimum atomic E-state index is -0.490. The maximum atomic E-state index is 11.3. The predicted octanol–water partition coefficient (Wildman–Crippen LogP) is 0.553. The summed E-state index contributed by atoms with van der Waals surface area (Å²) in [5.41, 5.74) is 0.739. The molecule has 102 valence electrons. The number of aliphatic hydroxyl groups is 1. The SMILES string of the molecule is COCC(O)CCNCc1ccoc1C(=O)OC. The number of hydrogen-bond acceptors (Lipinski definition) is 6. The van der Waals surface area contributed by atoms with Gasteiger partial charge in [-0.05, 0) is 19.0 Å². The molecule has 6 nitrogen and oxygen atoms in total. The highest BCUT2D eigenvalue weighted by atomic mass is 16.5. The zero-order valence-corrected chi connectivity index (χ0v) is 10.6. The van der Waals surface area contributed by atoms with Crippen LogP contribution in [0, 0.1) is 0 Å². The molecule has 1 atom stereocenters. The van der Waals surface area contributed by atoms with E-state index >= 15 is 0 Å². The molecule has 1 aromatic rings. The van der Waals surface area contributed by atoms with Crippen molar-refractivity contribution < 1.29 is 23.8 Å². The van der Waals surface area contributed by atoms with Gasteiger partial charge in [-0.15, -0.1) is 0 Å². The smallest absolute Gasteiger partial charge is 0.374 e. The molecule has 0 spiro atoms. The van der Waals surface area contributed by atoms with E-state index in [9.17, 15) is 9.90 Å². The fraction of sp³-hybridized carbons (Fsp3) is 0.583. The fourth-order valence-corrected chi connectivity index (χ4v) is 1.51. The van der Waals surface area contributed by atoms with Crippen LogP contribution in [-0.2, 0) is 16.0 Å². The van der Waals surface area contributed by atoms with Gasteiger partial charge < -0.3 is 24.3 Å². The Kier molecular flexibility index (Phi) is 6.42. The number of methoxy groups -OCH3 is 2. The van der Waals surface area contributed by atoms with E-state index in [4.69, 9.17) is 9.15 Å². The Morgan fingerprint density at radius 2 is 2.33 bits per heavy atom. The zero-order valence-electron chi connectivity index (χ0n) is 10.6. The van der Waals surface area contributed by atoms with Crippen LogP contribution < -0.4 is 5.32 Å². The van der Waals surface area contributed by atoms with E-state index in [1.807, 2.05) is 0 Å². The lowest BCUT2D eigenvalue weighted by Crippen LogP contribution is -2.23. The molecule has 0 fully saturated rings. The summed E-state index contributed by atoms with van der Waals surface area (Å²) in [6, 6.07) is 1.71. The molecule has 18 heavy (non-hydrogen) atoms. The summed E-state index contributed by atoms with van der Waals surface area (Å²) in [5.74, 6) is -0.279. The summed E-state index contributed by atoms with van der Waals surface area (Å²) in [6.45, 7) is 1.43. The molecule has 0 aliphatic rings. The number of nitrogens with one attached hydrogen (secondary N) is 1. The topological polar surface area (TPSA) is 80.9 Å². The molecule has 0 aromatic carbocycles. The Hall–Kier alpha value is -1.37. The minimum absolute atomic E-state index is 0.211. The normalized spacial score (nSPS) is 12.4. The maximum Gasteiger partial charge on any atom is 0.374 e. The molecule has 0 saturated heterocycles. The number of rotatable bonds is 8. The van der Waals surface area contributed by atoms with Gasteiger partial charge in [0, 0.05) is 19.2 Å². The van der Waals surface area contributed by atoms with E-state index in [-0.39, 0.29) is 5.76 Å². The molecule has 0 saturated carbocycles. The average Bonchev–Trinajstić information content (AvgIpc) is 2.82. The second-order valence-electron chi connectivity index (χ2n) is 3.84. The number of furan rings is 1. The number of aliphatic hydroxyl groups excluding tert-OH is 1. The van der Waals surface area contributed by atoms with Crippen LogP contribution in [0.3, 0.4) is 0 Å². The molecule has 0 radical (unpaired) electrons. The quantitative estimate of drug-likeness (QED) is 0.523. The molecule has 1 unspecified atom stereocenters. The van der Waals surface area contributed by atoms with Gasteiger partial charge in [-0.3, -0.25) is 0 Å². The average molecular weight is 257 g/mol. The number of carbonyl (C=O) groups excluding carboxylic acids is 1. The number of hydrogen-bond donors (Lipinski definition) is 2. The van der Waals surface area contributed by atoms with Crippen molar-refractivity contribution in [1.82, 2.24) is 5.32 Å². The van der Waals surface area contributed by atoms with Crippen LogP contribution in [-0.4, -0.2) is 44.6 Å². The van der Waals surface area contributed by atoms with Crippen LogP contribution in [0.25, 0.3) is 0 Å². The molecule has 6 heteroatoms. The Balaban J connectivity index is 2.31. The number of esters is 1. The summed E-state index contributed by atoms with van der Waals surface area (Å²) in [7, 11) is 2.86. The highest BCUT2D eigenvalue weighted by Crippen LogP contribution is 2.11. The summed E-state index contributed by atoms with van der Waals surface area (Å²) < 4.78 is 14.5. The minimum Gasteiger partial charge on any atom is -0.463 e. The van der Waals surface area contributed by atoms with E-state index in [1.54, 1.807) is 13.2 Å². The first-order valence-corrected chi connectivity index (χ1v) is 5.71. The van der Waals surface area contributed by atoms with Crippen molar-refractivity contribution in [3.05, 3.63) is 23.7 Å². The third-order valence-electron chi connectivity index (χ3n) is 2.45. The lowest BCUT2D eigenvalue weighted by Gasteiger charge is -2.09. The molecular weight excluding hydrogens is 238 g/mol. The van der Waals surface area contributed by atoms with E-state index in [0.717, 1.165) is 5.56 Å². The van der Waals surface area contributed by atoms with Crippen LogP contribution in [0.5, 0.6) is 0 Å². The molecule has 0 bridgehead atoms. The molecule has 2 N–H and O–H groups in total. The van der Waals surface area contributed by atoms with Crippen molar-refractivity contribution in [3.63, 3.8) is 0 Å². The third-order valence-corrected chi connectivity index (χ3v) is 2.45. The summed E-state index contributed by atoms with van der Waals surface area (Å²) in [5, 5.41) is 12.5. The summed E-state index contributed by atoms with van der Waals surface area (Å²) >= 11 is 0. The van der Waals surface area contributed by atoms with Gasteiger partial charge in [0.05, 0.1) is 26.1 Å². The van der Waals surface area contributed by atoms with Gasteiger partial charge >= 0.3 is 5.97 Å². The highest BCUT2D eigenvalue weighted by Gasteiger charge is 2.15. The number of carbonyl (C=O) groups is 1. The van der Waals surface area contributed by atoms with Crippen LogP contribution >= 0.6 is 0 Å². The Labute approximate surface area is 106 Å². The van der Waals surface area contributed by atoms with Crippen LogP contribution in [0.15, 0.2) is 16.7 Å². The molecule has 0 aliphatic heterocycles. The first-order valence-electron chi connectivity index (χ1n) is 5.71. The van der Waals surface area contributed by atoms with Crippen LogP contribution in [0.2, 0.25) is 0 Å². The van der Waals surface area contributed by atoms with Crippen LogP contribution in [0.4, 0.5) is 0 Å². The summed E-state index contributed by atoms with van der Waals surface area (Å²) in [4.78, 5) is 11.3. The Bertz CT molecular complexity index is 363. The van der Waals surface area contributed by atoms with Crippen molar-refractivity contribution >= 4 is 5.97 Å². The molecule has 0 amide bonds. The van der Waals surface area contributed by atoms with Crippen molar-refractivity contribution in [2.45, 2.75) is 19.1 Å². The molecule has 1 rings (SSSR count). The second-order valence-corrected chi connectivity index (χ2v) is 3.84. The van der Waals surface area contributed by atoms with Crippen molar-refractivity contribution in [1.29, 1.82) is 0 Å². The van der Waals surface area contributed by atoms with Crippen molar-refractivity contribution in [3.8, 4) is 0 Å². The van der Waals surface area contributed by atoms with E-state index in [1.165, 1.54) is 13.4 Å². The standard InChI is InChI=1S/C12H19NO5/c1-16-8-10(14)3-5-13-7-9-4-6-18-11(9)12(15)17-2/h4,6,10,13-14H,3,5,7-8H2,1-2H3. The predicted molar refractivity (Wildman–Crippen MR) is 64.3 cm³/mol. The lowest BCUT2D eigenvalue weighted by molar-refractivity contribution is 0.0561. The van der Waals surface area contributed by atoms with Crippen LogP contribution in [0.1, 0.15) is 22.5 Å². The lowest BCUT2D eigenvalue weighted by atomic mass is 10.2. The molecule has 1 heterocycles. The maximum absolute atomic E-state index is 11.3. The van der Waals surface area contributed by atoms with E-state index in [0.29, 0.717) is 26.1 Å². The highest BCUT2D eigenvalue weighted by molar-refractivity contribution is 5.87. The third kappa shape index (κ3) is 4.48. The largest absolute Gasteiger partial charge is 0.463 e. The summed E-state index contributed by atoms with van der Waals surface area (Å²) in [6.07, 6.45) is 1.55. The Morgan fingerprint density at radius 3 is 3.00 bits per heavy atom. The Morgan fingerprint density at radius 1 is 1.56 bits per heavy atom. The first kappa shape index (κ1) is 14.7. The zero-order chi connectivity index (χ0) is 13.4. The van der Waals surface area contributed by atoms with Gasteiger partial charge in [0.15, 0.2) is 0 Å².